The van der Waals surface area contributed by atoms with E-state index in [1.807, 2.05) is 18.7 Å². The SMILES string of the molecule is C=CCNC(=O)[C@H](NC(=O)c1ccc(F)cc1)C1CCN(C(=O)CC(C)C)CC1. The van der Waals surface area contributed by atoms with E-state index in [4.69, 9.17) is 0 Å². The van der Waals surface area contributed by atoms with Crippen molar-refractivity contribution in [3.8, 4) is 0 Å². The number of hydrogen-bond acceptors (Lipinski definition) is 3. The van der Waals surface area contributed by atoms with Crippen molar-refractivity contribution in [2.45, 2.75) is 39.2 Å². The van der Waals surface area contributed by atoms with Crippen molar-refractivity contribution in [2.24, 2.45) is 11.8 Å². The number of benzene rings is 1. The van der Waals surface area contributed by atoms with E-state index in [1.54, 1.807) is 6.08 Å². The molecule has 1 aliphatic rings. The standard InChI is InChI=1S/C22H30FN3O3/c1-4-11-24-22(29)20(25-21(28)17-5-7-18(23)8-6-17)16-9-12-26(13-10-16)19(27)14-15(2)3/h4-8,15-16,20H,1,9-14H2,2-3H3,(H,24,29)(H,25,28)/t20-/m1/s1. The van der Waals surface area contributed by atoms with Crippen LogP contribution in [-0.4, -0.2) is 48.3 Å². The minimum Gasteiger partial charge on any atom is -0.351 e. The van der Waals surface area contributed by atoms with E-state index in [-0.39, 0.29) is 23.3 Å². The number of carbonyl (C=O) groups excluding carboxylic acids is 3. The Morgan fingerprint density at radius 3 is 2.38 bits per heavy atom. The fraction of sp³-hybridized carbons (Fsp3) is 0.500. The average Bonchev–Trinajstić information content (AvgIpc) is 2.70. The van der Waals surface area contributed by atoms with Crippen molar-refractivity contribution in [3.63, 3.8) is 0 Å². The zero-order valence-corrected chi connectivity index (χ0v) is 17.1. The maximum Gasteiger partial charge on any atom is 0.251 e. The maximum absolute atomic E-state index is 13.1. The molecule has 0 bridgehead atoms. The summed E-state index contributed by atoms with van der Waals surface area (Å²) >= 11 is 0. The summed E-state index contributed by atoms with van der Waals surface area (Å²) in [7, 11) is 0. The van der Waals surface area contributed by atoms with Gasteiger partial charge in [0, 0.05) is 31.6 Å². The molecule has 7 heteroatoms. The number of carbonyl (C=O) groups is 3. The van der Waals surface area contributed by atoms with E-state index in [0.717, 1.165) is 0 Å². The summed E-state index contributed by atoms with van der Waals surface area (Å²) < 4.78 is 13.1. The van der Waals surface area contributed by atoms with Gasteiger partial charge in [-0.05, 0) is 48.9 Å². The van der Waals surface area contributed by atoms with Gasteiger partial charge in [-0.1, -0.05) is 19.9 Å². The number of nitrogens with zero attached hydrogens (tertiary/aromatic N) is 1. The first kappa shape index (κ1) is 22.6. The third-order valence-corrected chi connectivity index (χ3v) is 5.04. The van der Waals surface area contributed by atoms with Crippen LogP contribution in [0, 0.1) is 17.7 Å². The first-order valence-corrected chi connectivity index (χ1v) is 10.0. The minimum absolute atomic E-state index is 0.0905. The van der Waals surface area contributed by atoms with Crippen molar-refractivity contribution in [1.29, 1.82) is 0 Å². The molecule has 1 aromatic carbocycles. The van der Waals surface area contributed by atoms with Gasteiger partial charge in [-0.3, -0.25) is 14.4 Å². The molecule has 1 saturated heterocycles. The van der Waals surface area contributed by atoms with Crippen molar-refractivity contribution in [1.82, 2.24) is 15.5 Å². The highest BCUT2D eigenvalue weighted by Crippen LogP contribution is 2.23. The normalized spacial score (nSPS) is 15.7. The van der Waals surface area contributed by atoms with Gasteiger partial charge in [0.15, 0.2) is 0 Å². The van der Waals surface area contributed by atoms with Gasteiger partial charge in [-0.2, -0.15) is 0 Å². The number of nitrogens with one attached hydrogen (secondary N) is 2. The van der Waals surface area contributed by atoms with Gasteiger partial charge in [0.2, 0.25) is 11.8 Å². The molecule has 3 amide bonds. The lowest BCUT2D eigenvalue weighted by Crippen LogP contribution is -2.53. The zero-order valence-electron chi connectivity index (χ0n) is 17.1. The molecule has 29 heavy (non-hydrogen) atoms. The Bertz CT molecular complexity index is 725. The Morgan fingerprint density at radius 2 is 1.83 bits per heavy atom. The lowest BCUT2D eigenvalue weighted by Gasteiger charge is -2.36. The van der Waals surface area contributed by atoms with Crippen LogP contribution in [0.2, 0.25) is 0 Å². The molecule has 1 heterocycles. The molecule has 0 saturated carbocycles. The monoisotopic (exact) mass is 403 g/mol. The molecule has 1 atom stereocenters. The zero-order chi connectivity index (χ0) is 21.4. The summed E-state index contributed by atoms with van der Waals surface area (Å²) in [5.41, 5.74) is 0.289. The molecule has 158 valence electrons. The highest BCUT2D eigenvalue weighted by molar-refractivity contribution is 5.97. The second-order valence-electron chi connectivity index (χ2n) is 7.81. The number of amides is 3. The summed E-state index contributed by atoms with van der Waals surface area (Å²) in [4.78, 5) is 39.4. The fourth-order valence-electron chi connectivity index (χ4n) is 3.47. The molecule has 1 aliphatic heterocycles. The number of piperidine rings is 1. The number of hydrogen-bond donors (Lipinski definition) is 2. The molecular weight excluding hydrogens is 373 g/mol. The topological polar surface area (TPSA) is 78.5 Å². The van der Waals surface area contributed by atoms with E-state index in [0.29, 0.717) is 44.8 Å². The van der Waals surface area contributed by atoms with Crippen LogP contribution < -0.4 is 10.6 Å². The molecule has 0 spiro atoms. The molecule has 0 aromatic heterocycles. The van der Waals surface area contributed by atoms with Crippen molar-refractivity contribution < 1.29 is 18.8 Å². The average molecular weight is 403 g/mol. The second kappa shape index (κ2) is 10.7. The first-order valence-electron chi connectivity index (χ1n) is 10.0. The summed E-state index contributed by atoms with van der Waals surface area (Å²) in [5, 5.41) is 5.54. The third-order valence-electron chi connectivity index (χ3n) is 5.04. The summed E-state index contributed by atoms with van der Waals surface area (Å²) in [6.07, 6.45) is 3.33. The molecular formula is C22H30FN3O3. The van der Waals surface area contributed by atoms with Gasteiger partial charge < -0.3 is 15.5 Å². The highest BCUT2D eigenvalue weighted by Gasteiger charge is 2.33. The summed E-state index contributed by atoms with van der Waals surface area (Å²) in [6, 6.07) is 4.46. The largest absolute Gasteiger partial charge is 0.351 e. The van der Waals surface area contributed by atoms with E-state index < -0.39 is 17.8 Å². The molecule has 1 fully saturated rings. The van der Waals surface area contributed by atoms with E-state index in [1.165, 1.54) is 24.3 Å². The minimum atomic E-state index is -0.727. The third kappa shape index (κ3) is 6.69. The van der Waals surface area contributed by atoms with Crippen LogP contribution in [0.4, 0.5) is 4.39 Å². The van der Waals surface area contributed by atoms with Crippen LogP contribution >= 0.6 is 0 Å². The molecule has 6 nitrogen and oxygen atoms in total. The quantitative estimate of drug-likeness (QED) is 0.655. The Kier molecular flexibility index (Phi) is 8.36. The van der Waals surface area contributed by atoms with Crippen LogP contribution in [0.15, 0.2) is 36.9 Å². The van der Waals surface area contributed by atoms with Crippen LogP contribution in [0.3, 0.4) is 0 Å². The van der Waals surface area contributed by atoms with Crippen LogP contribution in [0.5, 0.6) is 0 Å². The van der Waals surface area contributed by atoms with Crippen LogP contribution in [-0.2, 0) is 9.59 Å². The summed E-state index contributed by atoms with van der Waals surface area (Å²) in [5.74, 6) is -0.809. The Labute approximate surface area is 171 Å². The van der Waals surface area contributed by atoms with Gasteiger partial charge in [0.25, 0.3) is 5.91 Å². The Balaban J connectivity index is 2.05. The number of rotatable bonds is 8. The van der Waals surface area contributed by atoms with Gasteiger partial charge in [0.05, 0.1) is 0 Å². The smallest absolute Gasteiger partial charge is 0.251 e. The van der Waals surface area contributed by atoms with Crippen molar-refractivity contribution >= 4 is 17.7 Å². The van der Waals surface area contributed by atoms with Crippen molar-refractivity contribution in [3.05, 3.63) is 48.3 Å². The molecule has 2 rings (SSSR count). The first-order chi connectivity index (χ1) is 13.8. The van der Waals surface area contributed by atoms with Crippen LogP contribution in [0.1, 0.15) is 43.5 Å². The predicted molar refractivity (Wildman–Crippen MR) is 110 cm³/mol. The lowest BCUT2D eigenvalue weighted by molar-refractivity contribution is -0.133. The van der Waals surface area contributed by atoms with E-state index in [2.05, 4.69) is 17.2 Å². The van der Waals surface area contributed by atoms with Gasteiger partial charge in [-0.25, -0.2) is 4.39 Å². The maximum atomic E-state index is 13.1. The van der Waals surface area contributed by atoms with Crippen molar-refractivity contribution in [2.75, 3.05) is 19.6 Å². The molecule has 0 radical (unpaired) electrons. The Morgan fingerprint density at radius 1 is 1.21 bits per heavy atom. The molecule has 1 aromatic rings. The van der Waals surface area contributed by atoms with Gasteiger partial charge in [-0.15, -0.1) is 6.58 Å². The molecule has 0 unspecified atom stereocenters. The molecule has 0 aliphatic carbocycles. The number of likely N-dealkylation sites (tertiary alicyclic amines) is 1. The van der Waals surface area contributed by atoms with E-state index in [9.17, 15) is 18.8 Å². The van der Waals surface area contributed by atoms with Crippen LogP contribution in [0.25, 0.3) is 0 Å². The molecule has 2 N–H and O–H groups in total. The van der Waals surface area contributed by atoms with Gasteiger partial charge in [0.1, 0.15) is 11.9 Å². The number of halogens is 1. The predicted octanol–water partition coefficient (Wildman–Crippen LogP) is 2.51. The van der Waals surface area contributed by atoms with Gasteiger partial charge >= 0.3 is 0 Å². The highest BCUT2D eigenvalue weighted by atomic mass is 19.1. The fourth-order valence-corrected chi connectivity index (χ4v) is 3.47. The summed E-state index contributed by atoms with van der Waals surface area (Å²) in [6.45, 7) is 9.04. The van der Waals surface area contributed by atoms with E-state index >= 15 is 0 Å². The lowest BCUT2D eigenvalue weighted by atomic mass is 9.88. The Hall–Kier alpha value is -2.70. The second-order valence-corrected chi connectivity index (χ2v) is 7.81.